The van der Waals surface area contributed by atoms with E-state index in [0.717, 1.165) is 24.1 Å². The van der Waals surface area contributed by atoms with Crippen molar-refractivity contribution >= 4 is 21.7 Å². The van der Waals surface area contributed by atoms with E-state index >= 15 is 0 Å². The number of alkyl halides is 1. The van der Waals surface area contributed by atoms with Crippen molar-refractivity contribution in [1.29, 1.82) is 0 Å². The molecular weight excluding hydrogens is 294 g/mol. The lowest BCUT2D eigenvalue weighted by Crippen LogP contribution is -2.32. The zero-order valence-electron chi connectivity index (χ0n) is 11.6. The molecule has 0 aliphatic heterocycles. The molecule has 1 heterocycles. The van der Waals surface area contributed by atoms with Crippen molar-refractivity contribution in [2.45, 2.75) is 46.3 Å². The highest BCUT2D eigenvalue weighted by molar-refractivity contribution is 9.09. The number of hydrogen-bond acceptors (Lipinski definition) is 4. The largest absolute Gasteiger partial charge is 0.474 e. The summed E-state index contributed by atoms with van der Waals surface area (Å²) in [6.07, 6.45) is 4.65. The fourth-order valence-corrected chi connectivity index (χ4v) is 1.89. The van der Waals surface area contributed by atoms with E-state index in [4.69, 9.17) is 4.74 Å². The topological polar surface area (TPSA) is 38.2 Å². The summed E-state index contributed by atoms with van der Waals surface area (Å²) < 4.78 is 5.58. The molecule has 0 unspecified atom stereocenters. The molecule has 0 saturated carbocycles. The van der Waals surface area contributed by atoms with Gasteiger partial charge in [-0.05, 0) is 34.1 Å². The molecule has 18 heavy (non-hydrogen) atoms. The second-order valence-corrected chi connectivity index (χ2v) is 5.50. The molecule has 5 heteroatoms. The van der Waals surface area contributed by atoms with Crippen molar-refractivity contribution in [3.05, 3.63) is 12.4 Å². The van der Waals surface area contributed by atoms with Crippen molar-refractivity contribution in [1.82, 2.24) is 9.97 Å². The zero-order valence-corrected chi connectivity index (χ0v) is 13.1. The van der Waals surface area contributed by atoms with Crippen LogP contribution >= 0.6 is 15.9 Å². The average molecular weight is 316 g/mol. The lowest BCUT2D eigenvalue weighted by atomic mass is 10.3. The third kappa shape index (κ3) is 4.80. The lowest BCUT2D eigenvalue weighted by Gasteiger charge is -2.27. The monoisotopic (exact) mass is 315 g/mol. The summed E-state index contributed by atoms with van der Waals surface area (Å²) in [7, 11) is 0. The first-order chi connectivity index (χ1) is 8.54. The highest BCUT2D eigenvalue weighted by Gasteiger charge is 2.13. The Morgan fingerprint density at radius 3 is 2.56 bits per heavy atom. The summed E-state index contributed by atoms with van der Waals surface area (Å²) >= 11 is 3.46. The van der Waals surface area contributed by atoms with Gasteiger partial charge in [-0.25, -0.2) is 0 Å². The molecule has 102 valence electrons. The predicted molar refractivity (Wildman–Crippen MR) is 78.7 cm³/mol. The Labute approximate surface area is 118 Å². The molecular formula is C13H22BrN3O. The third-order valence-corrected chi connectivity index (χ3v) is 2.97. The van der Waals surface area contributed by atoms with Crippen molar-refractivity contribution in [2.24, 2.45) is 0 Å². The number of aromatic nitrogens is 2. The predicted octanol–water partition coefficient (Wildman–Crippen LogP) is 3.26. The van der Waals surface area contributed by atoms with Crippen LogP contribution in [0.3, 0.4) is 0 Å². The van der Waals surface area contributed by atoms with Crippen molar-refractivity contribution in [2.75, 3.05) is 16.8 Å². The molecule has 4 nitrogen and oxygen atoms in total. The first kappa shape index (κ1) is 15.2. The van der Waals surface area contributed by atoms with Gasteiger partial charge in [-0.2, -0.15) is 4.98 Å². The normalized spacial score (nSPS) is 11.1. The molecule has 1 aromatic rings. The molecule has 1 aromatic heterocycles. The van der Waals surface area contributed by atoms with Gasteiger partial charge in [0.2, 0.25) is 5.88 Å². The summed E-state index contributed by atoms with van der Waals surface area (Å²) in [5, 5.41) is 0.992. The van der Waals surface area contributed by atoms with Crippen LogP contribution in [0.2, 0.25) is 0 Å². The zero-order chi connectivity index (χ0) is 13.5. The molecule has 0 radical (unpaired) electrons. The quantitative estimate of drug-likeness (QED) is 0.724. The van der Waals surface area contributed by atoms with Crippen LogP contribution in [0.25, 0.3) is 0 Å². The molecule has 0 spiro atoms. The van der Waals surface area contributed by atoms with Gasteiger partial charge < -0.3 is 9.64 Å². The number of anilines is 1. The fourth-order valence-electron chi connectivity index (χ4n) is 1.64. The van der Waals surface area contributed by atoms with Gasteiger partial charge in [-0.1, -0.05) is 15.9 Å². The van der Waals surface area contributed by atoms with Crippen LogP contribution < -0.4 is 9.64 Å². The molecule has 0 amide bonds. The minimum atomic E-state index is 0.115. The number of hydrogen-bond donors (Lipinski definition) is 0. The van der Waals surface area contributed by atoms with Gasteiger partial charge in [0.15, 0.2) is 5.82 Å². The van der Waals surface area contributed by atoms with Gasteiger partial charge >= 0.3 is 0 Å². The lowest BCUT2D eigenvalue weighted by molar-refractivity contribution is 0.231. The van der Waals surface area contributed by atoms with Gasteiger partial charge in [0.1, 0.15) is 0 Å². The Morgan fingerprint density at radius 2 is 2.00 bits per heavy atom. The van der Waals surface area contributed by atoms with E-state index in [9.17, 15) is 0 Å². The fraction of sp³-hybridized carbons (Fsp3) is 0.692. The minimum absolute atomic E-state index is 0.115. The SMILES string of the molecule is CC(C)Oc1cncc(N(CCCBr)C(C)C)n1. The Morgan fingerprint density at radius 1 is 1.28 bits per heavy atom. The molecule has 0 N–H and O–H groups in total. The second-order valence-electron chi connectivity index (χ2n) is 4.71. The van der Waals surface area contributed by atoms with E-state index in [2.05, 4.69) is 44.6 Å². The van der Waals surface area contributed by atoms with Crippen LogP contribution in [0.1, 0.15) is 34.1 Å². The molecule has 0 fully saturated rings. The molecule has 1 rings (SSSR count). The van der Waals surface area contributed by atoms with E-state index in [-0.39, 0.29) is 6.10 Å². The Bertz CT molecular complexity index is 358. The van der Waals surface area contributed by atoms with Crippen LogP contribution in [0.4, 0.5) is 5.82 Å². The highest BCUT2D eigenvalue weighted by Crippen LogP contribution is 2.17. The smallest absolute Gasteiger partial charge is 0.234 e. The van der Waals surface area contributed by atoms with E-state index in [0.29, 0.717) is 11.9 Å². The Kier molecular flexibility index (Phi) is 6.39. The minimum Gasteiger partial charge on any atom is -0.474 e. The summed E-state index contributed by atoms with van der Waals surface area (Å²) in [5.74, 6) is 1.47. The first-order valence-corrected chi connectivity index (χ1v) is 7.48. The summed E-state index contributed by atoms with van der Waals surface area (Å²) in [6.45, 7) is 9.25. The summed E-state index contributed by atoms with van der Waals surface area (Å²) in [5.41, 5.74) is 0. The maximum atomic E-state index is 5.58. The van der Waals surface area contributed by atoms with Gasteiger partial charge in [0.05, 0.1) is 18.5 Å². The van der Waals surface area contributed by atoms with Gasteiger partial charge in [-0.3, -0.25) is 4.98 Å². The van der Waals surface area contributed by atoms with E-state index in [1.807, 2.05) is 13.8 Å². The Hall–Kier alpha value is -0.840. The summed E-state index contributed by atoms with van der Waals surface area (Å²) in [6, 6.07) is 0.396. The molecule has 0 aromatic carbocycles. The molecule has 0 aliphatic rings. The summed E-state index contributed by atoms with van der Waals surface area (Å²) in [4.78, 5) is 11.0. The molecule has 0 atom stereocenters. The highest BCUT2D eigenvalue weighted by atomic mass is 79.9. The van der Waals surface area contributed by atoms with Gasteiger partial charge in [0.25, 0.3) is 0 Å². The van der Waals surface area contributed by atoms with Crippen molar-refractivity contribution < 1.29 is 4.74 Å². The number of halogens is 1. The maximum absolute atomic E-state index is 5.58. The Balaban J connectivity index is 2.83. The van der Waals surface area contributed by atoms with Crippen LogP contribution in [0.15, 0.2) is 12.4 Å². The number of nitrogens with zero attached hydrogens (tertiary/aromatic N) is 3. The van der Waals surface area contributed by atoms with Gasteiger partial charge in [-0.15, -0.1) is 0 Å². The maximum Gasteiger partial charge on any atom is 0.234 e. The number of ether oxygens (including phenoxy) is 1. The molecule has 0 aliphatic carbocycles. The van der Waals surface area contributed by atoms with Crippen LogP contribution in [-0.2, 0) is 0 Å². The van der Waals surface area contributed by atoms with Gasteiger partial charge in [0, 0.05) is 17.9 Å². The third-order valence-electron chi connectivity index (χ3n) is 2.41. The molecule has 0 saturated heterocycles. The second kappa shape index (κ2) is 7.56. The van der Waals surface area contributed by atoms with Crippen LogP contribution in [-0.4, -0.2) is 34.0 Å². The number of rotatable bonds is 7. The molecule has 0 bridgehead atoms. The van der Waals surface area contributed by atoms with Crippen molar-refractivity contribution in [3.63, 3.8) is 0 Å². The standard InChI is InChI=1S/C13H22BrN3O/c1-10(2)17(7-5-6-14)12-8-15-9-13(16-12)18-11(3)4/h8-11H,5-7H2,1-4H3. The first-order valence-electron chi connectivity index (χ1n) is 6.36. The van der Waals surface area contributed by atoms with Crippen molar-refractivity contribution in [3.8, 4) is 5.88 Å². The van der Waals surface area contributed by atoms with E-state index in [1.165, 1.54) is 0 Å². The van der Waals surface area contributed by atoms with Crippen LogP contribution in [0.5, 0.6) is 5.88 Å². The van der Waals surface area contributed by atoms with E-state index in [1.54, 1.807) is 12.4 Å². The van der Waals surface area contributed by atoms with Crippen LogP contribution in [0, 0.1) is 0 Å². The average Bonchev–Trinajstić information content (AvgIpc) is 2.28. The van der Waals surface area contributed by atoms with E-state index < -0.39 is 0 Å².